The van der Waals surface area contributed by atoms with Crippen molar-refractivity contribution in [3.8, 4) is 0 Å². The summed E-state index contributed by atoms with van der Waals surface area (Å²) in [5.41, 5.74) is 0. The predicted molar refractivity (Wildman–Crippen MR) is 432 cm³/mol. The van der Waals surface area contributed by atoms with Crippen LogP contribution in [0.5, 0.6) is 0 Å². The number of carbonyl (C=O) groups is 4. The number of ether oxygens (including phenoxy) is 4. The second-order valence-corrected chi connectivity index (χ2v) is 34.6. The van der Waals surface area contributed by atoms with Crippen molar-refractivity contribution in [3.05, 3.63) is 0 Å². The molecule has 0 saturated carbocycles. The zero-order valence-electron chi connectivity index (χ0n) is 69.0. The first-order valence-electron chi connectivity index (χ1n) is 44.5. The quantitative estimate of drug-likeness (QED) is 0.0222. The van der Waals surface area contributed by atoms with Crippen LogP contribution >= 0.6 is 15.6 Å². The maximum Gasteiger partial charge on any atom is 0.472 e. The topological polar surface area (TPSA) is 237 Å². The highest BCUT2D eigenvalue weighted by atomic mass is 31.2. The Labute approximate surface area is 645 Å². The molecule has 0 aliphatic heterocycles. The molecule has 0 aliphatic carbocycles. The summed E-state index contributed by atoms with van der Waals surface area (Å²) in [6, 6.07) is 0. The van der Waals surface area contributed by atoms with Crippen molar-refractivity contribution in [1.82, 2.24) is 0 Å². The van der Waals surface area contributed by atoms with Gasteiger partial charge in [0.05, 0.1) is 26.4 Å². The molecule has 0 fully saturated rings. The molecule has 3 unspecified atom stereocenters. The second-order valence-electron chi connectivity index (χ2n) is 31.6. The molecule has 3 N–H and O–H groups in total. The molecule has 0 saturated heterocycles. The first-order valence-corrected chi connectivity index (χ1v) is 47.5. The Hall–Kier alpha value is -1.94. The molecule has 105 heavy (non-hydrogen) atoms. The minimum absolute atomic E-state index is 0.105. The maximum absolute atomic E-state index is 13.1. The van der Waals surface area contributed by atoms with Crippen molar-refractivity contribution in [2.75, 3.05) is 39.6 Å². The highest BCUT2D eigenvalue weighted by Gasteiger charge is 2.30. The SMILES string of the molecule is CCCCCCCCCCCCCCCCCCCCCCCCC(=O)O[C@H](COC(=O)CCCCCCCCCCCCCCCCCCCCC)COP(=O)(O)OC[C@@H](O)COP(=O)(O)OC[C@@H](COC(=O)CCCCCCCCCCC(C)CC)OC(=O)CCCCCCCCCCCC(C)C. The molecule has 0 radical (unpaired) electrons. The number of hydrogen-bond donors (Lipinski definition) is 3. The van der Waals surface area contributed by atoms with E-state index in [-0.39, 0.29) is 25.7 Å². The molecule has 0 amide bonds. The number of unbranched alkanes of at least 4 members (excludes halogenated alkanes) is 54. The van der Waals surface area contributed by atoms with Gasteiger partial charge >= 0.3 is 39.5 Å². The molecular formula is C86H168O17P2. The Morgan fingerprint density at radius 1 is 0.276 bits per heavy atom. The lowest BCUT2D eigenvalue weighted by molar-refractivity contribution is -0.161. The lowest BCUT2D eigenvalue weighted by Gasteiger charge is -2.21. The summed E-state index contributed by atoms with van der Waals surface area (Å²) >= 11 is 0. The molecule has 6 atom stereocenters. The second kappa shape index (κ2) is 77.4. The van der Waals surface area contributed by atoms with Crippen molar-refractivity contribution < 1.29 is 80.2 Å². The number of phosphoric ester groups is 2. The van der Waals surface area contributed by atoms with Crippen LogP contribution in [0.2, 0.25) is 0 Å². The Bertz CT molecular complexity index is 2010. The van der Waals surface area contributed by atoms with Crippen molar-refractivity contribution in [2.24, 2.45) is 11.8 Å². The Balaban J connectivity index is 5.22. The van der Waals surface area contributed by atoms with Crippen molar-refractivity contribution in [2.45, 2.75) is 477 Å². The summed E-state index contributed by atoms with van der Waals surface area (Å²) in [4.78, 5) is 73.2. The summed E-state index contributed by atoms with van der Waals surface area (Å²) in [5, 5.41) is 10.7. The zero-order valence-corrected chi connectivity index (χ0v) is 70.8. The average Bonchev–Trinajstić information content (AvgIpc) is 0.914. The van der Waals surface area contributed by atoms with Gasteiger partial charge in [0.1, 0.15) is 19.3 Å². The van der Waals surface area contributed by atoms with E-state index < -0.39 is 97.5 Å². The van der Waals surface area contributed by atoms with E-state index >= 15 is 0 Å². The van der Waals surface area contributed by atoms with E-state index in [1.807, 2.05) is 0 Å². The summed E-state index contributed by atoms with van der Waals surface area (Å²) < 4.78 is 68.9. The normalized spacial score (nSPS) is 14.1. The van der Waals surface area contributed by atoms with E-state index in [0.29, 0.717) is 25.7 Å². The number of aliphatic hydroxyl groups excluding tert-OH is 1. The largest absolute Gasteiger partial charge is 0.472 e. The van der Waals surface area contributed by atoms with Crippen LogP contribution < -0.4 is 0 Å². The van der Waals surface area contributed by atoms with Gasteiger partial charge in [0.25, 0.3) is 0 Å². The molecule has 0 aliphatic rings. The molecule has 0 rings (SSSR count). The van der Waals surface area contributed by atoms with E-state index in [9.17, 15) is 43.2 Å². The monoisotopic (exact) mass is 1540 g/mol. The van der Waals surface area contributed by atoms with Crippen LogP contribution in [-0.4, -0.2) is 96.7 Å². The third kappa shape index (κ3) is 78.5. The Kier molecular flexibility index (Phi) is 76.0. The number of hydrogen-bond acceptors (Lipinski definition) is 15. The fourth-order valence-electron chi connectivity index (χ4n) is 13.4. The number of aliphatic hydroxyl groups is 1. The highest BCUT2D eigenvalue weighted by molar-refractivity contribution is 7.47. The summed E-state index contributed by atoms with van der Waals surface area (Å²) in [6.07, 6.45) is 69.6. The van der Waals surface area contributed by atoms with Crippen LogP contribution in [0.25, 0.3) is 0 Å². The van der Waals surface area contributed by atoms with Crippen molar-refractivity contribution in [1.29, 1.82) is 0 Å². The minimum Gasteiger partial charge on any atom is -0.462 e. The number of rotatable bonds is 85. The third-order valence-electron chi connectivity index (χ3n) is 20.6. The molecule has 624 valence electrons. The van der Waals surface area contributed by atoms with Crippen LogP contribution in [0.4, 0.5) is 0 Å². The van der Waals surface area contributed by atoms with Gasteiger partial charge < -0.3 is 33.8 Å². The van der Waals surface area contributed by atoms with Gasteiger partial charge in [-0.15, -0.1) is 0 Å². The molecule has 0 heterocycles. The summed E-state index contributed by atoms with van der Waals surface area (Å²) in [7, 11) is -9.93. The van der Waals surface area contributed by atoms with E-state index in [1.54, 1.807) is 0 Å². The maximum atomic E-state index is 13.1. The van der Waals surface area contributed by atoms with Gasteiger partial charge in [-0.25, -0.2) is 9.13 Å². The predicted octanol–water partition coefficient (Wildman–Crippen LogP) is 26.2. The van der Waals surface area contributed by atoms with Crippen LogP contribution in [0.1, 0.15) is 459 Å². The molecule has 0 bridgehead atoms. The number of esters is 4. The minimum atomic E-state index is -4.97. The van der Waals surface area contributed by atoms with Gasteiger partial charge in [-0.3, -0.25) is 37.3 Å². The number of carbonyl (C=O) groups excluding carboxylic acids is 4. The molecule has 0 aromatic carbocycles. The highest BCUT2D eigenvalue weighted by Crippen LogP contribution is 2.45. The molecule has 17 nitrogen and oxygen atoms in total. The van der Waals surface area contributed by atoms with Crippen LogP contribution in [0.3, 0.4) is 0 Å². The van der Waals surface area contributed by atoms with E-state index in [0.717, 1.165) is 102 Å². The fraction of sp³-hybridized carbons (Fsp3) is 0.953. The summed E-state index contributed by atoms with van der Waals surface area (Å²) in [5.74, 6) is -0.591. The first kappa shape index (κ1) is 103. The lowest BCUT2D eigenvalue weighted by atomic mass is 9.99. The lowest BCUT2D eigenvalue weighted by Crippen LogP contribution is -2.30. The van der Waals surface area contributed by atoms with Gasteiger partial charge in [0.15, 0.2) is 12.2 Å². The molecular weight excluding hydrogens is 1370 g/mol. The first-order chi connectivity index (χ1) is 50.9. The van der Waals surface area contributed by atoms with E-state index in [2.05, 4.69) is 41.5 Å². The van der Waals surface area contributed by atoms with E-state index in [1.165, 1.54) is 276 Å². The van der Waals surface area contributed by atoms with Crippen LogP contribution in [0, 0.1) is 11.8 Å². The van der Waals surface area contributed by atoms with Crippen LogP contribution in [0.15, 0.2) is 0 Å². The average molecular weight is 1540 g/mol. The van der Waals surface area contributed by atoms with E-state index in [4.69, 9.17) is 37.0 Å². The molecule has 0 spiro atoms. The molecule has 19 heteroatoms. The zero-order chi connectivity index (χ0) is 77.1. The molecule has 0 aromatic heterocycles. The van der Waals surface area contributed by atoms with Gasteiger partial charge in [-0.1, -0.05) is 408 Å². The number of phosphoric acid groups is 2. The molecule has 0 aromatic rings. The Morgan fingerprint density at radius 2 is 0.486 bits per heavy atom. The fourth-order valence-corrected chi connectivity index (χ4v) is 15.0. The Morgan fingerprint density at radius 3 is 0.724 bits per heavy atom. The standard InChI is InChI=1S/C86H168O17P2/c1-7-10-12-14-16-18-20-22-24-26-28-29-30-32-34-36-38-40-44-52-58-64-70-85(90)102-81(74-96-83(88)68-62-56-50-43-39-37-35-33-31-27-25-23-21-19-17-15-13-11-8-2)76-100-104(92,93)98-72-80(87)73-99-105(94,95)101-77-82(103-86(91)71-65-59-53-45-41-42-48-54-60-66-78(4)5)75-97-84(89)69-63-57-51-47-46-49-55-61-67-79(6)9-3/h78-82,87H,7-77H2,1-6H3,(H,92,93)(H,94,95)/t79?,80-,81-,82-/m1/s1. The summed E-state index contributed by atoms with van der Waals surface area (Å²) in [6.45, 7) is 9.64. The van der Waals surface area contributed by atoms with Crippen molar-refractivity contribution >= 4 is 39.5 Å². The van der Waals surface area contributed by atoms with Crippen LogP contribution in [-0.2, 0) is 65.4 Å². The smallest absolute Gasteiger partial charge is 0.462 e. The van der Waals surface area contributed by atoms with Gasteiger partial charge in [-0.2, -0.15) is 0 Å². The van der Waals surface area contributed by atoms with Gasteiger partial charge in [0.2, 0.25) is 0 Å². The van der Waals surface area contributed by atoms with Gasteiger partial charge in [-0.05, 0) is 37.5 Å². The van der Waals surface area contributed by atoms with Gasteiger partial charge in [0, 0.05) is 25.7 Å². The van der Waals surface area contributed by atoms with Crippen molar-refractivity contribution in [3.63, 3.8) is 0 Å². The third-order valence-corrected chi connectivity index (χ3v) is 22.5.